The van der Waals surface area contributed by atoms with Gasteiger partial charge in [0.25, 0.3) is 5.91 Å². The van der Waals surface area contributed by atoms with Crippen LogP contribution in [0.3, 0.4) is 0 Å². The van der Waals surface area contributed by atoms with Crippen molar-refractivity contribution in [2.45, 2.75) is 19.1 Å². The second-order valence-electron chi connectivity index (χ2n) is 11.2. The molecule has 0 spiro atoms. The van der Waals surface area contributed by atoms with E-state index < -0.39 is 6.10 Å². The second kappa shape index (κ2) is 14.0. The Balaban J connectivity index is 1.15. The highest BCUT2D eigenvalue weighted by molar-refractivity contribution is 6.30. The van der Waals surface area contributed by atoms with Crippen molar-refractivity contribution in [1.82, 2.24) is 15.0 Å². The second-order valence-corrected chi connectivity index (χ2v) is 11.6. The number of rotatable bonds is 10. The van der Waals surface area contributed by atoms with E-state index in [-0.39, 0.29) is 18.0 Å². The molecule has 2 atom stereocenters. The molecule has 3 aromatic carbocycles. The molecule has 0 bridgehead atoms. The molecule has 7 rings (SSSR count). The van der Waals surface area contributed by atoms with Crippen LogP contribution in [0.4, 0.5) is 17.6 Å². The summed E-state index contributed by atoms with van der Waals surface area (Å²) in [5, 5.41) is 0.591. The van der Waals surface area contributed by atoms with Crippen LogP contribution in [-0.4, -0.2) is 86.2 Å². The summed E-state index contributed by atoms with van der Waals surface area (Å²) in [6.45, 7) is 7.66. The lowest BCUT2D eigenvalue weighted by molar-refractivity contribution is -0.135. The first-order valence-corrected chi connectivity index (χ1v) is 16.1. The molecule has 0 radical (unpaired) electrons. The average molecular weight is 659 g/mol. The SMILES string of the molecule is CCOc1ccc(N2C(=O)[C@@H](Oc3ccc(Cl)cc3)[C@H]2c2ccc(Oc3nc(N4CCOCC4)nc(N4CCOCC4)n3)cc2)cc1. The standard InChI is InChI=1S/C34H35ClN6O6/c1-2-45-26-13-7-25(8-14-26)41-29(30(31(41)42)46-27-11-5-24(35)6-12-27)23-3-9-28(10-4-23)47-34-37-32(39-15-19-43-20-16-39)36-33(38-34)40-17-21-44-22-18-40/h3-14,29-30H,2,15-22H2,1H3/t29-,30+/m1/s1. The van der Waals surface area contributed by atoms with E-state index in [0.29, 0.717) is 87.6 Å². The smallest absolute Gasteiger partial charge is 0.328 e. The van der Waals surface area contributed by atoms with Crippen molar-refractivity contribution < 1.29 is 28.5 Å². The van der Waals surface area contributed by atoms with Gasteiger partial charge >= 0.3 is 6.01 Å². The molecule has 1 amide bonds. The van der Waals surface area contributed by atoms with Gasteiger partial charge in [0.15, 0.2) is 0 Å². The highest BCUT2D eigenvalue weighted by Crippen LogP contribution is 2.42. The number of ether oxygens (including phenoxy) is 5. The minimum atomic E-state index is -0.731. The molecular formula is C34H35ClN6O6. The summed E-state index contributed by atoms with van der Waals surface area (Å²) in [5.74, 6) is 2.81. The first kappa shape index (κ1) is 31.0. The first-order valence-electron chi connectivity index (χ1n) is 15.7. The van der Waals surface area contributed by atoms with E-state index >= 15 is 0 Å². The van der Waals surface area contributed by atoms with Gasteiger partial charge in [-0.3, -0.25) is 9.69 Å². The van der Waals surface area contributed by atoms with Gasteiger partial charge in [0.05, 0.1) is 33.0 Å². The molecule has 1 aromatic heterocycles. The van der Waals surface area contributed by atoms with Crippen molar-refractivity contribution >= 4 is 35.1 Å². The van der Waals surface area contributed by atoms with E-state index in [2.05, 4.69) is 19.8 Å². The van der Waals surface area contributed by atoms with Crippen molar-refractivity contribution in [3.05, 3.63) is 83.4 Å². The molecule has 4 heterocycles. The third-order valence-corrected chi connectivity index (χ3v) is 8.41. The van der Waals surface area contributed by atoms with Gasteiger partial charge in [-0.1, -0.05) is 23.7 Å². The number of aromatic nitrogens is 3. The summed E-state index contributed by atoms with van der Waals surface area (Å²) < 4.78 is 29.1. The lowest BCUT2D eigenvalue weighted by atomic mass is 9.89. The van der Waals surface area contributed by atoms with Crippen molar-refractivity contribution in [3.8, 4) is 23.3 Å². The van der Waals surface area contributed by atoms with E-state index in [0.717, 1.165) is 17.0 Å². The molecule has 3 saturated heterocycles. The summed E-state index contributed by atoms with van der Waals surface area (Å²) in [4.78, 5) is 33.5. The fourth-order valence-corrected chi connectivity index (χ4v) is 5.87. The molecule has 3 aliphatic rings. The maximum Gasteiger partial charge on any atom is 0.328 e. The van der Waals surface area contributed by atoms with E-state index in [9.17, 15) is 4.79 Å². The molecule has 3 fully saturated rings. The molecule has 4 aromatic rings. The van der Waals surface area contributed by atoms with E-state index in [1.165, 1.54) is 0 Å². The Morgan fingerprint density at radius 3 is 1.87 bits per heavy atom. The predicted molar refractivity (Wildman–Crippen MR) is 176 cm³/mol. The number of halogens is 1. The number of β-lactam (4-membered cyclic amide) rings is 1. The number of hydrogen-bond acceptors (Lipinski definition) is 11. The zero-order valence-electron chi connectivity index (χ0n) is 26.0. The molecule has 47 heavy (non-hydrogen) atoms. The predicted octanol–water partition coefficient (Wildman–Crippen LogP) is 4.92. The minimum Gasteiger partial charge on any atom is -0.494 e. The summed E-state index contributed by atoms with van der Waals surface area (Å²) >= 11 is 6.08. The lowest BCUT2D eigenvalue weighted by Crippen LogP contribution is -2.61. The first-order chi connectivity index (χ1) is 23.1. The van der Waals surface area contributed by atoms with Gasteiger partial charge in [0, 0.05) is 36.9 Å². The van der Waals surface area contributed by atoms with E-state index in [4.69, 9.17) is 40.3 Å². The van der Waals surface area contributed by atoms with Gasteiger partial charge in [-0.15, -0.1) is 0 Å². The number of nitrogens with zero attached hydrogens (tertiary/aromatic N) is 6. The largest absolute Gasteiger partial charge is 0.494 e. The number of morpholine rings is 2. The third-order valence-electron chi connectivity index (χ3n) is 8.16. The Morgan fingerprint density at radius 1 is 0.745 bits per heavy atom. The van der Waals surface area contributed by atoms with Crippen LogP contribution < -0.4 is 28.9 Å². The van der Waals surface area contributed by atoms with Crippen LogP contribution in [0.15, 0.2) is 72.8 Å². The maximum absolute atomic E-state index is 13.5. The molecule has 244 valence electrons. The lowest BCUT2D eigenvalue weighted by Gasteiger charge is -2.46. The van der Waals surface area contributed by atoms with Crippen LogP contribution in [0, 0.1) is 0 Å². The number of benzene rings is 3. The molecule has 12 nitrogen and oxygen atoms in total. The third kappa shape index (κ3) is 6.90. The molecule has 0 aliphatic carbocycles. The number of hydrogen-bond donors (Lipinski definition) is 0. The molecule has 13 heteroatoms. The number of carbonyl (C=O) groups is 1. The molecule has 0 saturated carbocycles. The van der Waals surface area contributed by atoms with Gasteiger partial charge in [-0.05, 0) is 73.2 Å². The summed E-state index contributed by atoms with van der Waals surface area (Å²) in [6, 6.07) is 21.8. The van der Waals surface area contributed by atoms with Gasteiger partial charge < -0.3 is 33.5 Å². The highest BCUT2D eigenvalue weighted by Gasteiger charge is 2.51. The number of carbonyl (C=O) groups excluding carboxylic acids is 1. The van der Waals surface area contributed by atoms with Crippen LogP contribution in [0.25, 0.3) is 0 Å². The quantitative estimate of drug-likeness (QED) is 0.216. The van der Waals surface area contributed by atoms with Crippen molar-refractivity contribution in [2.24, 2.45) is 0 Å². The Kier molecular flexibility index (Phi) is 9.23. The van der Waals surface area contributed by atoms with Crippen molar-refractivity contribution in [3.63, 3.8) is 0 Å². The molecular weight excluding hydrogens is 624 g/mol. The Labute approximate surface area is 277 Å². The van der Waals surface area contributed by atoms with Crippen molar-refractivity contribution in [2.75, 3.05) is 73.9 Å². The summed E-state index contributed by atoms with van der Waals surface area (Å²) in [7, 11) is 0. The minimum absolute atomic E-state index is 0.147. The molecule has 0 N–H and O–H groups in total. The zero-order chi connectivity index (χ0) is 32.2. The molecule has 3 aliphatic heterocycles. The van der Waals surface area contributed by atoms with Crippen LogP contribution in [0.1, 0.15) is 18.5 Å². The van der Waals surface area contributed by atoms with Crippen LogP contribution in [-0.2, 0) is 14.3 Å². The van der Waals surface area contributed by atoms with E-state index in [1.54, 1.807) is 29.2 Å². The normalized spacial score (nSPS) is 19.7. The average Bonchev–Trinajstić information content (AvgIpc) is 3.12. The summed E-state index contributed by atoms with van der Waals surface area (Å²) in [5.41, 5.74) is 1.62. The van der Waals surface area contributed by atoms with Gasteiger partial charge in [0.1, 0.15) is 23.3 Å². The summed E-state index contributed by atoms with van der Waals surface area (Å²) in [6.07, 6.45) is -0.731. The van der Waals surface area contributed by atoms with Crippen LogP contribution >= 0.6 is 11.6 Å². The topological polar surface area (TPSA) is 112 Å². The van der Waals surface area contributed by atoms with Crippen molar-refractivity contribution in [1.29, 1.82) is 0 Å². The monoisotopic (exact) mass is 658 g/mol. The van der Waals surface area contributed by atoms with Gasteiger partial charge in [0.2, 0.25) is 18.0 Å². The van der Waals surface area contributed by atoms with Crippen LogP contribution in [0.5, 0.6) is 23.3 Å². The fraction of sp³-hybridized carbons (Fsp3) is 0.353. The Morgan fingerprint density at radius 2 is 1.30 bits per heavy atom. The van der Waals surface area contributed by atoms with Gasteiger partial charge in [-0.2, -0.15) is 15.0 Å². The Hall–Kier alpha value is -4.65. The van der Waals surface area contributed by atoms with E-state index in [1.807, 2.05) is 55.5 Å². The maximum atomic E-state index is 13.5. The van der Waals surface area contributed by atoms with Gasteiger partial charge in [-0.25, -0.2) is 0 Å². The Bertz CT molecular complexity index is 1630. The highest BCUT2D eigenvalue weighted by atomic mass is 35.5. The zero-order valence-corrected chi connectivity index (χ0v) is 26.7. The van der Waals surface area contributed by atoms with Crippen LogP contribution in [0.2, 0.25) is 5.02 Å². The number of amides is 1. The fourth-order valence-electron chi connectivity index (χ4n) is 5.75. The number of anilines is 3. The molecule has 0 unspecified atom stereocenters.